The van der Waals surface area contributed by atoms with Gasteiger partial charge in [0.05, 0.1) is 6.61 Å². The molecule has 0 fully saturated rings. The number of unbranched alkanes of at least 4 members (excludes halogenated alkanes) is 11. The van der Waals surface area contributed by atoms with Gasteiger partial charge in [-0.05, 0) is 12.5 Å². The van der Waals surface area contributed by atoms with E-state index in [1.54, 1.807) is 0 Å². The third-order valence-electron chi connectivity index (χ3n) is 4.39. The van der Waals surface area contributed by atoms with Crippen molar-refractivity contribution in [2.45, 2.75) is 90.1 Å². The average molecular weight is 406 g/mol. The molecule has 162 valence electrons. The van der Waals surface area contributed by atoms with E-state index in [1.165, 1.54) is 69.9 Å². The fourth-order valence-electron chi connectivity index (χ4n) is 2.84. The quantitative estimate of drug-likeness (QED) is 0.217. The summed E-state index contributed by atoms with van der Waals surface area (Å²) >= 11 is 0. The van der Waals surface area contributed by atoms with E-state index in [1.807, 2.05) is 0 Å². The van der Waals surface area contributed by atoms with Crippen LogP contribution in [0.4, 0.5) is 13.2 Å². The molecule has 0 aliphatic heterocycles. The minimum absolute atomic E-state index is 0.113. The van der Waals surface area contributed by atoms with Crippen molar-refractivity contribution in [3.8, 4) is 5.95 Å². The number of alkyl halides is 3. The van der Waals surface area contributed by atoms with Gasteiger partial charge in [-0.15, -0.1) is 0 Å². The third kappa shape index (κ3) is 12.7. The van der Waals surface area contributed by atoms with Crippen molar-refractivity contribution in [1.82, 2.24) is 0 Å². The summed E-state index contributed by atoms with van der Waals surface area (Å²) < 4.78 is 50.6. The lowest BCUT2D eigenvalue weighted by Crippen LogP contribution is -2.20. The van der Waals surface area contributed by atoms with Gasteiger partial charge in [0.25, 0.3) is 5.95 Å². The molecule has 0 radical (unpaired) electrons. The van der Waals surface area contributed by atoms with Crippen LogP contribution in [0.5, 0.6) is 5.95 Å². The molecular formula is C21H33F3O4. The summed E-state index contributed by atoms with van der Waals surface area (Å²) in [5.74, 6) is -1.34. The first-order valence-electron chi connectivity index (χ1n) is 10.4. The Morgan fingerprint density at radius 3 is 1.96 bits per heavy atom. The monoisotopic (exact) mass is 406 g/mol. The van der Waals surface area contributed by atoms with Gasteiger partial charge >= 0.3 is 12.1 Å². The molecular weight excluding hydrogens is 373 g/mol. The second kappa shape index (κ2) is 14.4. The van der Waals surface area contributed by atoms with Crippen LogP contribution in [0.15, 0.2) is 16.5 Å². The Morgan fingerprint density at radius 2 is 1.43 bits per heavy atom. The third-order valence-corrected chi connectivity index (χ3v) is 4.39. The molecule has 0 saturated heterocycles. The van der Waals surface area contributed by atoms with Gasteiger partial charge < -0.3 is 13.9 Å². The van der Waals surface area contributed by atoms with Crippen LogP contribution in [-0.4, -0.2) is 25.4 Å². The molecule has 0 amide bonds. The second-order valence-electron chi connectivity index (χ2n) is 7.05. The first-order chi connectivity index (χ1) is 13.4. The highest BCUT2D eigenvalue weighted by molar-refractivity contribution is 5.86. The van der Waals surface area contributed by atoms with E-state index < -0.39 is 18.8 Å². The summed E-state index contributed by atoms with van der Waals surface area (Å²) in [6.07, 6.45) is 10.4. The van der Waals surface area contributed by atoms with Crippen LogP contribution in [-0.2, 0) is 4.74 Å². The second-order valence-corrected chi connectivity index (χ2v) is 7.05. The minimum Gasteiger partial charge on any atom is -0.465 e. The summed E-state index contributed by atoms with van der Waals surface area (Å²) in [6.45, 7) is 1.04. The van der Waals surface area contributed by atoms with Crippen LogP contribution in [0.1, 0.15) is 94.5 Å². The molecule has 0 saturated carbocycles. The molecule has 7 heteroatoms. The van der Waals surface area contributed by atoms with Gasteiger partial charge in [-0.2, -0.15) is 13.2 Å². The Kier molecular flexibility index (Phi) is 12.5. The maximum Gasteiger partial charge on any atom is 0.422 e. The van der Waals surface area contributed by atoms with Crippen molar-refractivity contribution in [3.63, 3.8) is 0 Å². The van der Waals surface area contributed by atoms with Crippen molar-refractivity contribution in [3.05, 3.63) is 17.9 Å². The van der Waals surface area contributed by atoms with Crippen LogP contribution in [0, 0.1) is 0 Å². The van der Waals surface area contributed by atoms with Crippen LogP contribution < -0.4 is 4.74 Å². The van der Waals surface area contributed by atoms with Crippen LogP contribution in [0.25, 0.3) is 0 Å². The van der Waals surface area contributed by atoms with Gasteiger partial charge in [0.15, 0.2) is 6.61 Å². The Bertz CT molecular complexity index is 526. The lowest BCUT2D eigenvalue weighted by Gasteiger charge is -2.06. The molecule has 1 aromatic rings. The van der Waals surface area contributed by atoms with E-state index in [4.69, 9.17) is 9.15 Å². The molecule has 28 heavy (non-hydrogen) atoms. The molecule has 0 bridgehead atoms. The predicted octanol–water partition coefficient (Wildman–Crippen LogP) is 7.08. The number of esters is 1. The summed E-state index contributed by atoms with van der Waals surface area (Å²) in [7, 11) is 0. The standard InChI is InChI=1S/C21H33F3O4/c1-2-3-4-5-6-7-8-9-10-11-12-13-16-26-19-15-14-18(28-19)20(25)27-17-21(22,23)24/h14-15H,2-13,16-17H2,1H3. The number of carbonyl (C=O) groups is 1. The zero-order chi connectivity index (χ0) is 20.7. The smallest absolute Gasteiger partial charge is 0.422 e. The van der Waals surface area contributed by atoms with Crippen molar-refractivity contribution < 1.29 is 31.9 Å². The normalized spacial score (nSPS) is 11.6. The predicted molar refractivity (Wildman–Crippen MR) is 102 cm³/mol. The van der Waals surface area contributed by atoms with Crippen molar-refractivity contribution in [2.75, 3.05) is 13.2 Å². The van der Waals surface area contributed by atoms with Crippen LogP contribution in [0.2, 0.25) is 0 Å². The molecule has 0 spiro atoms. The average Bonchev–Trinajstić information content (AvgIpc) is 3.12. The number of rotatable bonds is 16. The summed E-state index contributed by atoms with van der Waals surface area (Å²) in [5.41, 5.74) is 0. The van der Waals surface area contributed by atoms with Gasteiger partial charge in [-0.3, -0.25) is 0 Å². The van der Waals surface area contributed by atoms with Gasteiger partial charge in [-0.25, -0.2) is 4.79 Å². The molecule has 0 aliphatic rings. The molecule has 0 aliphatic carbocycles. The molecule has 1 aromatic heterocycles. The number of hydrogen-bond acceptors (Lipinski definition) is 4. The van der Waals surface area contributed by atoms with Gasteiger partial charge in [0, 0.05) is 6.07 Å². The van der Waals surface area contributed by atoms with E-state index in [2.05, 4.69) is 11.7 Å². The largest absolute Gasteiger partial charge is 0.465 e. The lowest BCUT2D eigenvalue weighted by atomic mass is 10.1. The molecule has 0 unspecified atom stereocenters. The topological polar surface area (TPSA) is 48.7 Å². The number of carbonyl (C=O) groups excluding carboxylic acids is 1. The number of ether oxygens (including phenoxy) is 2. The Morgan fingerprint density at radius 1 is 0.893 bits per heavy atom. The van der Waals surface area contributed by atoms with Crippen LogP contribution in [0.3, 0.4) is 0 Å². The Hall–Kier alpha value is -1.66. The maximum atomic E-state index is 12.0. The molecule has 0 atom stereocenters. The van der Waals surface area contributed by atoms with E-state index in [-0.39, 0.29) is 11.7 Å². The number of hydrogen-bond donors (Lipinski definition) is 0. The lowest BCUT2D eigenvalue weighted by molar-refractivity contribution is -0.161. The zero-order valence-corrected chi connectivity index (χ0v) is 16.8. The molecule has 1 heterocycles. The number of halogens is 3. The van der Waals surface area contributed by atoms with E-state index in [0.717, 1.165) is 19.3 Å². The SMILES string of the molecule is CCCCCCCCCCCCCCOc1ccc(C(=O)OCC(F)(F)F)o1. The molecule has 1 rings (SSSR count). The first kappa shape index (κ1) is 24.4. The maximum absolute atomic E-state index is 12.0. The first-order valence-corrected chi connectivity index (χ1v) is 10.4. The summed E-state index contributed by atoms with van der Waals surface area (Å²) in [6, 6.07) is 2.65. The highest BCUT2D eigenvalue weighted by Crippen LogP contribution is 2.20. The number of furan rings is 1. The van der Waals surface area contributed by atoms with Gasteiger partial charge in [0.1, 0.15) is 0 Å². The van der Waals surface area contributed by atoms with Gasteiger partial charge in [-0.1, -0.05) is 77.6 Å². The van der Waals surface area contributed by atoms with E-state index in [9.17, 15) is 18.0 Å². The summed E-state index contributed by atoms with van der Waals surface area (Å²) in [5, 5.41) is 0. The highest BCUT2D eigenvalue weighted by Gasteiger charge is 2.30. The molecule has 0 N–H and O–H groups in total. The van der Waals surface area contributed by atoms with E-state index in [0.29, 0.717) is 6.61 Å². The fourth-order valence-corrected chi connectivity index (χ4v) is 2.84. The Balaban J connectivity index is 1.98. The summed E-state index contributed by atoms with van der Waals surface area (Å²) in [4.78, 5) is 11.4. The Labute approximate surface area is 165 Å². The van der Waals surface area contributed by atoms with Crippen molar-refractivity contribution in [1.29, 1.82) is 0 Å². The molecule has 4 nitrogen and oxygen atoms in total. The fraction of sp³-hybridized carbons (Fsp3) is 0.762. The van der Waals surface area contributed by atoms with Crippen LogP contribution >= 0.6 is 0 Å². The van der Waals surface area contributed by atoms with Crippen molar-refractivity contribution in [2.24, 2.45) is 0 Å². The zero-order valence-electron chi connectivity index (χ0n) is 16.8. The van der Waals surface area contributed by atoms with E-state index >= 15 is 0 Å². The van der Waals surface area contributed by atoms with Gasteiger partial charge in [0.2, 0.25) is 5.76 Å². The highest BCUT2D eigenvalue weighted by atomic mass is 19.4. The van der Waals surface area contributed by atoms with Crippen molar-refractivity contribution >= 4 is 5.97 Å². The molecule has 0 aromatic carbocycles. The minimum atomic E-state index is -4.56.